The van der Waals surface area contributed by atoms with Gasteiger partial charge in [-0.25, -0.2) is 9.97 Å². The summed E-state index contributed by atoms with van der Waals surface area (Å²) < 4.78 is 39.4. The van der Waals surface area contributed by atoms with E-state index in [4.69, 9.17) is 0 Å². The van der Waals surface area contributed by atoms with Crippen molar-refractivity contribution < 1.29 is 13.2 Å². The largest absolute Gasteiger partial charge is 0.417 e. The Labute approximate surface area is 152 Å². The number of piperazine rings is 1. The lowest BCUT2D eigenvalue weighted by Gasteiger charge is -2.36. The molecule has 27 heavy (non-hydrogen) atoms. The Balaban J connectivity index is 1.48. The van der Waals surface area contributed by atoms with Gasteiger partial charge in [-0.2, -0.15) is 13.2 Å². The van der Waals surface area contributed by atoms with Gasteiger partial charge in [-0.05, 0) is 24.3 Å². The zero-order chi connectivity index (χ0) is 19.0. The van der Waals surface area contributed by atoms with Crippen molar-refractivity contribution in [3.05, 3.63) is 64.7 Å². The Morgan fingerprint density at radius 2 is 1.63 bits per heavy atom. The first-order valence-corrected chi connectivity index (χ1v) is 8.43. The molecule has 0 bridgehead atoms. The number of hydrogen-bond donors (Lipinski definition) is 0. The van der Waals surface area contributed by atoms with Gasteiger partial charge in [0.1, 0.15) is 17.3 Å². The highest BCUT2D eigenvalue weighted by Crippen LogP contribution is 2.29. The minimum Gasteiger partial charge on any atom is -0.353 e. The molecule has 0 radical (unpaired) electrons. The van der Waals surface area contributed by atoms with E-state index >= 15 is 0 Å². The number of halogens is 3. The molecule has 0 spiro atoms. The van der Waals surface area contributed by atoms with Crippen LogP contribution in [0.5, 0.6) is 0 Å². The van der Waals surface area contributed by atoms with Gasteiger partial charge in [-0.1, -0.05) is 6.07 Å². The molecule has 1 saturated heterocycles. The van der Waals surface area contributed by atoms with Crippen LogP contribution in [0.2, 0.25) is 0 Å². The van der Waals surface area contributed by atoms with E-state index in [1.807, 2.05) is 15.9 Å². The van der Waals surface area contributed by atoms with Gasteiger partial charge >= 0.3 is 6.18 Å². The van der Waals surface area contributed by atoms with Crippen LogP contribution in [0.3, 0.4) is 0 Å². The second-order valence-corrected chi connectivity index (χ2v) is 6.26. The number of anilines is 2. The van der Waals surface area contributed by atoms with Crippen LogP contribution in [0.15, 0.2) is 53.6 Å². The summed E-state index contributed by atoms with van der Waals surface area (Å²) in [5.74, 6) is 1.11. The molecule has 3 aromatic heterocycles. The molecule has 0 aromatic carbocycles. The number of pyridine rings is 2. The van der Waals surface area contributed by atoms with Gasteiger partial charge in [-0.3, -0.25) is 9.20 Å². The third-order valence-corrected chi connectivity index (χ3v) is 4.56. The topological polar surface area (TPSA) is 53.7 Å². The molecule has 9 heteroatoms. The molecule has 1 aliphatic heterocycles. The summed E-state index contributed by atoms with van der Waals surface area (Å²) in [6, 6.07) is 9.29. The molecule has 1 fully saturated rings. The Kier molecular flexibility index (Phi) is 4.21. The van der Waals surface area contributed by atoms with Crippen molar-refractivity contribution in [1.82, 2.24) is 14.4 Å². The summed E-state index contributed by atoms with van der Waals surface area (Å²) in [5.41, 5.74) is -0.333. The molecule has 0 aliphatic carbocycles. The third-order valence-electron chi connectivity index (χ3n) is 4.56. The van der Waals surface area contributed by atoms with Crippen molar-refractivity contribution in [2.24, 2.45) is 0 Å². The zero-order valence-corrected chi connectivity index (χ0v) is 14.2. The van der Waals surface area contributed by atoms with Crippen LogP contribution in [-0.2, 0) is 6.18 Å². The number of rotatable bonds is 2. The predicted molar refractivity (Wildman–Crippen MR) is 95.1 cm³/mol. The van der Waals surface area contributed by atoms with Gasteiger partial charge in [0.25, 0.3) is 5.56 Å². The second kappa shape index (κ2) is 6.57. The lowest BCUT2D eigenvalue weighted by atomic mass is 10.2. The van der Waals surface area contributed by atoms with Crippen molar-refractivity contribution in [2.45, 2.75) is 6.18 Å². The quantitative estimate of drug-likeness (QED) is 0.689. The minimum atomic E-state index is -4.39. The van der Waals surface area contributed by atoms with E-state index in [2.05, 4.69) is 9.97 Å². The molecule has 6 nitrogen and oxygen atoms in total. The molecule has 1 aliphatic rings. The molecule has 0 atom stereocenters. The summed E-state index contributed by atoms with van der Waals surface area (Å²) >= 11 is 0. The molecular formula is C18H16F3N5O. The highest BCUT2D eigenvalue weighted by Gasteiger charge is 2.31. The molecule has 4 rings (SSSR count). The number of alkyl halides is 3. The van der Waals surface area contributed by atoms with Gasteiger partial charge in [0, 0.05) is 44.6 Å². The van der Waals surface area contributed by atoms with Crippen LogP contribution in [0.25, 0.3) is 5.65 Å². The Morgan fingerprint density at radius 3 is 2.26 bits per heavy atom. The van der Waals surface area contributed by atoms with Crippen molar-refractivity contribution in [3.63, 3.8) is 0 Å². The van der Waals surface area contributed by atoms with Gasteiger partial charge in [0.05, 0.1) is 5.56 Å². The Hall–Kier alpha value is -3.10. The van der Waals surface area contributed by atoms with Crippen molar-refractivity contribution in [3.8, 4) is 0 Å². The van der Waals surface area contributed by atoms with Crippen LogP contribution in [0.4, 0.5) is 24.8 Å². The lowest BCUT2D eigenvalue weighted by Crippen LogP contribution is -2.47. The molecule has 3 aromatic rings. The van der Waals surface area contributed by atoms with E-state index < -0.39 is 11.7 Å². The normalized spacial score (nSPS) is 15.4. The van der Waals surface area contributed by atoms with Gasteiger partial charge < -0.3 is 9.80 Å². The highest BCUT2D eigenvalue weighted by molar-refractivity contribution is 5.50. The summed E-state index contributed by atoms with van der Waals surface area (Å²) in [4.78, 5) is 24.6. The maximum absolute atomic E-state index is 12.6. The maximum atomic E-state index is 12.6. The van der Waals surface area contributed by atoms with E-state index in [9.17, 15) is 18.0 Å². The molecule has 0 saturated carbocycles. The van der Waals surface area contributed by atoms with Gasteiger partial charge in [0.15, 0.2) is 0 Å². The molecular weight excluding hydrogens is 359 g/mol. The Bertz CT molecular complexity index is 1010. The van der Waals surface area contributed by atoms with Gasteiger partial charge in [-0.15, -0.1) is 0 Å². The van der Waals surface area contributed by atoms with Crippen molar-refractivity contribution in [1.29, 1.82) is 0 Å². The van der Waals surface area contributed by atoms with Gasteiger partial charge in [0.2, 0.25) is 0 Å². The van der Waals surface area contributed by atoms with Crippen molar-refractivity contribution in [2.75, 3.05) is 36.0 Å². The highest BCUT2D eigenvalue weighted by atomic mass is 19.4. The first kappa shape index (κ1) is 17.3. The summed E-state index contributed by atoms with van der Waals surface area (Å²) in [5, 5.41) is 0. The standard InChI is InChI=1S/C18H16F3N5O/c19-18(20,21)13-4-5-14(22-12-13)24-7-9-25(10-8-24)16-11-17(27)26-6-2-1-3-15(26)23-16/h1-6,11-12H,7-10H2. The molecule has 0 amide bonds. The second-order valence-electron chi connectivity index (χ2n) is 6.26. The average Bonchev–Trinajstić information content (AvgIpc) is 2.67. The number of fused-ring (bicyclic) bond motifs is 1. The monoisotopic (exact) mass is 375 g/mol. The maximum Gasteiger partial charge on any atom is 0.417 e. The molecule has 140 valence electrons. The molecule has 0 N–H and O–H groups in total. The van der Waals surface area contributed by atoms with Crippen LogP contribution < -0.4 is 15.4 Å². The fraction of sp³-hybridized carbons (Fsp3) is 0.278. The van der Waals surface area contributed by atoms with Crippen molar-refractivity contribution >= 4 is 17.3 Å². The first-order chi connectivity index (χ1) is 12.9. The van der Waals surface area contributed by atoms with E-state index in [-0.39, 0.29) is 5.56 Å². The summed E-state index contributed by atoms with van der Waals surface area (Å²) in [6.45, 7) is 2.35. The summed E-state index contributed by atoms with van der Waals surface area (Å²) in [6.07, 6.45) is -1.86. The first-order valence-electron chi connectivity index (χ1n) is 8.43. The average molecular weight is 375 g/mol. The zero-order valence-electron chi connectivity index (χ0n) is 14.2. The molecule has 0 unspecified atom stereocenters. The van der Waals surface area contributed by atoms with E-state index in [1.165, 1.54) is 16.5 Å². The number of nitrogens with zero attached hydrogens (tertiary/aromatic N) is 5. The predicted octanol–water partition coefficient (Wildman–Crippen LogP) is 2.43. The van der Waals surface area contributed by atoms with Crippen LogP contribution in [-0.4, -0.2) is 40.5 Å². The van der Waals surface area contributed by atoms with E-state index in [0.29, 0.717) is 43.5 Å². The van der Waals surface area contributed by atoms with E-state index in [0.717, 1.165) is 12.3 Å². The van der Waals surface area contributed by atoms with Crippen LogP contribution in [0, 0.1) is 0 Å². The number of hydrogen-bond acceptors (Lipinski definition) is 5. The minimum absolute atomic E-state index is 0.151. The third kappa shape index (κ3) is 3.44. The SMILES string of the molecule is O=c1cc(N2CCN(c3ccc(C(F)(F)F)cn3)CC2)nc2ccccn12. The summed E-state index contributed by atoms with van der Waals surface area (Å²) in [7, 11) is 0. The lowest BCUT2D eigenvalue weighted by molar-refractivity contribution is -0.137. The molecule has 4 heterocycles. The van der Waals surface area contributed by atoms with Crippen LogP contribution in [0.1, 0.15) is 5.56 Å². The number of aromatic nitrogens is 3. The fourth-order valence-electron chi connectivity index (χ4n) is 3.11. The smallest absolute Gasteiger partial charge is 0.353 e. The fourth-order valence-corrected chi connectivity index (χ4v) is 3.11. The van der Waals surface area contributed by atoms with E-state index in [1.54, 1.807) is 18.3 Å². The van der Waals surface area contributed by atoms with Crippen LogP contribution >= 0.6 is 0 Å². The Morgan fingerprint density at radius 1 is 0.926 bits per heavy atom.